The van der Waals surface area contributed by atoms with Crippen molar-refractivity contribution in [2.45, 2.75) is 26.8 Å². The first-order valence-electron chi connectivity index (χ1n) is 8.04. The van der Waals surface area contributed by atoms with Crippen LogP contribution < -0.4 is 5.32 Å². The van der Waals surface area contributed by atoms with E-state index >= 15 is 0 Å². The quantitative estimate of drug-likeness (QED) is 0.788. The van der Waals surface area contributed by atoms with Gasteiger partial charge in [0.15, 0.2) is 10.6 Å². The van der Waals surface area contributed by atoms with E-state index in [0.717, 1.165) is 17.0 Å². The lowest BCUT2D eigenvalue weighted by molar-refractivity contribution is -0.127. The maximum atomic E-state index is 12.1. The third-order valence-electron chi connectivity index (χ3n) is 4.21. The molecule has 0 spiro atoms. The lowest BCUT2D eigenvalue weighted by Crippen LogP contribution is -2.48. The molecule has 0 radical (unpaired) electrons. The van der Waals surface area contributed by atoms with Crippen molar-refractivity contribution < 1.29 is 9.53 Å². The zero-order valence-electron chi connectivity index (χ0n) is 14.0. The second-order valence-corrected chi connectivity index (χ2v) is 7.09. The number of amides is 1. The molecule has 7 heteroatoms. The van der Waals surface area contributed by atoms with Gasteiger partial charge in [-0.1, -0.05) is 30.7 Å². The van der Waals surface area contributed by atoms with Gasteiger partial charge in [-0.15, -0.1) is 0 Å². The number of benzene rings is 1. The minimum atomic E-state index is 0.0152. The molecule has 24 heavy (non-hydrogen) atoms. The number of carbonyl (C=O) groups is 1. The van der Waals surface area contributed by atoms with Crippen LogP contribution in [0.3, 0.4) is 0 Å². The molecule has 2 heterocycles. The highest BCUT2D eigenvalue weighted by molar-refractivity contribution is 7.71. The molecule has 0 aliphatic carbocycles. The van der Waals surface area contributed by atoms with Gasteiger partial charge in [0.05, 0.1) is 13.2 Å². The molecule has 1 aromatic heterocycles. The van der Waals surface area contributed by atoms with Crippen LogP contribution in [0.4, 0.5) is 0 Å². The van der Waals surface area contributed by atoms with Crippen LogP contribution in [0.15, 0.2) is 24.3 Å². The Morgan fingerprint density at radius 3 is 2.96 bits per heavy atom. The number of rotatable bonds is 6. The number of aromatic amines is 1. The van der Waals surface area contributed by atoms with Crippen LogP contribution in [0, 0.1) is 17.1 Å². The van der Waals surface area contributed by atoms with Crippen molar-refractivity contribution in [1.82, 2.24) is 20.1 Å². The number of nitrogens with one attached hydrogen (secondary N) is 2. The van der Waals surface area contributed by atoms with Crippen LogP contribution in [0.2, 0.25) is 0 Å². The molecule has 128 valence electrons. The van der Waals surface area contributed by atoms with Crippen LogP contribution in [0.25, 0.3) is 11.4 Å². The van der Waals surface area contributed by atoms with Gasteiger partial charge in [-0.25, -0.2) is 0 Å². The lowest BCUT2D eigenvalue weighted by Gasteiger charge is -2.38. The number of hydrogen-bond donors (Lipinski definition) is 2. The topological polar surface area (TPSA) is 71.9 Å². The van der Waals surface area contributed by atoms with E-state index in [9.17, 15) is 4.79 Å². The Kier molecular flexibility index (Phi) is 4.82. The molecule has 3 rings (SSSR count). The van der Waals surface area contributed by atoms with Crippen LogP contribution >= 0.6 is 12.2 Å². The molecule has 1 aliphatic heterocycles. The van der Waals surface area contributed by atoms with Crippen molar-refractivity contribution in [3.05, 3.63) is 34.6 Å². The summed E-state index contributed by atoms with van der Waals surface area (Å²) >= 11 is 5.31. The van der Waals surface area contributed by atoms with Gasteiger partial charge in [-0.2, -0.15) is 5.10 Å². The van der Waals surface area contributed by atoms with Crippen molar-refractivity contribution in [3.8, 4) is 11.4 Å². The highest BCUT2D eigenvalue weighted by Gasteiger charge is 2.33. The van der Waals surface area contributed by atoms with Gasteiger partial charge in [-0.05, 0) is 25.2 Å². The summed E-state index contributed by atoms with van der Waals surface area (Å²) in [6.07, 6.45) is 0.365. The first-order valence-corrected chi connectivity index (χ1v) is 8.44. The molecule has 1 amide bonds. The van der Waals surface area contributed by atoms with E-state index in [1.54, 1.807) is 0 Å². The van der Waals surface area contributed by atoms with Crippen LogP contribution in [0.1, 0.15) is 18.9 Å². The van der Waals surface area contributed by atoms with Gasteiger partial charge >= 0.3 is 0 Å². The number of H-pyrrole nitrogens is 1. The molecule has 1 aliphatic rings. The van der Waals surface area contributed by atoms with E-state index in [1.807, 2.05) is 29.7 Å². The van der Waals surface area contributed by atoms with E-state index in [0.29, 0.717) is 37.5 Å². The third-order valence-corrected chi connectivity index (χ3v) is 4.52. The average molecular weight is 346 g/mol. The minimum absolute atomic E-state index is 0.0152. The van der Waals surface area contributed by atoms with Gasteiger partial charge in [0.1, 0.15) is 0 Å². The van der Waals surface area contributed by atoms with Crippen LogP contribution in [-0.2, 0) is 16.1 Å². The van der Waals surface area contributed by atoms with E-state index < -0.39 is 0 Å². The van der Waals surface area contributed by atoms with Crippen molar-refractivity contribution >= 4 is 18.1 Å². The van der Waals surface area contributed by atoms with Gasteiger partial charge < -0.3 is 10.1 Å². The maximum absolute atomic E-state index is 12.1. The number of ether oxygens (including phenoxy) is 1. The Balaban J connectivity index is 1.64. The summed E-state index contributed by atoms with van der Waals surface area (Å²) in [5.41, 5.74) is 2.22. The van der Waals surface area contributed by atoms with Crippen LogP contribution in [0.5, 0.6) is 0 Å². The van der Waals surface area contributed by atoms with Gasteiger partial charge in [0.2, 0.25) is 5.91 Å². The molecule has 2 aromatic rings. The highest BCUT2D eigenvalue weighted by atomic mass is 32.1. The van der Waals surface area contributed by atoms with E-state index in [-0.39, 0.29) is 11.3 Å². The Labute approximate surface area is 146 Å². The Morgan fingerprint density at radius 2 is 2.29 bits per heavy atom. The summed E-state index contributed by atoms with van der Waals surface area (Å²) in [5.74, 6) is 0.775. The molecule has 0 bridgehead atoms. The van der Waals surface area contributed by atoms with Crippen molar-refractivity contribution in [1.29, 1.82) is 0 Å². The second kappa shape index (κ2) is 6.86. The summed E-state index contributed by atoms with van der Waals surface area (Å²) in [6.45, 7) is 6.70. The molecule has 6 nitrogen and oxygen atoms in total. The number of hydrogen-bond acceptors (Lipinski definition) is 4. The average Bonchev–Trinajstić information content (AvgIpc) is 2.90. The number of aromatic nitrogens is 3. The molecule has 1 fully saturated rings. The zero-order chi connectivity index (χ0) is 17.2. The molecule has 0 unspecified atom stereocenters. The molecule has 0 atom stereocenters. The standard InChI is InChI=1S/C17H22N4O2S/c1-12-4-3-5-13(8-12)15-19-20-16(24)21(15)7-6-14(22)18-9-17(2)10-23-11-17/h3-5,8H,6-7,9-11H2,1-2H3,(H,18,22)(H,20,24). The maximum Gasteiger partial charge on any atom is 0.221 e. The molecule has 0 saturated carbocycles. The van der Waals surface area contributed by atoms with Gasteiger partial charge in [0, 0.05) is 30.5 Å². The lowest BCUT2D eigenvalue weighted by atomic mass is 9.89. The van der Waals surface area contributed by atoms with Gasteiger partial charge in [0.25, 0.3) is 0 Å². The summed E-state index contributed by atoms with van der Waals surface area (Å²) < 4.78 is 7.60. The van der Waals surface area contributed by atoms with E-state index in [2.05, 4.69) is 28.5 Å². The van der Waals surface area contributed by atoms with Crippen molar-refractivity contribution in [3.63, 3.8) is 0 Å². The summed E-state index contributed by atoms with van der Waals surface area (Å²) in [4.78, 5) is 12.1. The fourth-order valence-corrected chi connectivity index (χ4v) is 2.92. The largest absolute Gasteiger partial charge is 0.380 e. The highest BCUT2D eigenvalue weighted by Crippen LogP contribution is 2.25. The molecule has 1 aromatic carbocycles. The van der Waals surface area contributed by atoms with Gasteiger partial charge in [-0.3, -0.25) is 14.5 Å². The van der Waals surface area contributed by atoms with Crippen molar-refractivity contribution in [2.75, 3.05) is 19.8 Å². The summed E-state index contributed by atoms with van der Waals surface area (Å²) in [7, 11) is 0. The predicted molar refractivity (Wildman–Crippen MR) is 94.1 cm³/mol. The SMILES string of the molecule is Cc1cccc(-c2n[nH]c(=S)n2CCC(=O)NCC2(C)COC2)c1. The first kappa shape index (κ1) is 16.9. The molecule has 2 N–H and O–H groups in total. The Hall–Kier alpha value is -1.99. The minimum Gasteiger partial charge on any atom is -0.380 e. The normalized spacial score (nSPS) is 15.8. The predicted octanol–water partition coefficient (Wildman–Crippen LogP) is 2.46. The fraction of sp³-hybridized carbons (Fsp3) is 0.471. The number of aryl methyl sites for hydroxylation is 1. The summed E-state index contributed by atoms with van der Waals surface area (Å²) in [6, 6.07) is 8.07. The Morgan fingerprint density at radius 1 is 1.50 bits per heavy atom. The second-order valence-electron chi connectivity index (χ2n) is 6.70. The first-order chi connectivity index (χ1) is 11.5. The van der Waals surface area contributed by atoms with E-state index in [4.69, 9.17) is 17.0 Å². The Bertz CT molecular complexity index is 792. The van der Waals surface area contributed by atoms with E-state index in [1.165, 1.54) is 0 Å². The number of carbonyl (C=O) groups excluding carboxylic acids is 1. The number of nitrogens with zero attached hydrogens (tertiary/aromatic N) is 2. The molecular weight excluding hydrogens is 324 g/mol. The van der Waals surface area contributed by atoms with Crippen LogP contribution in [-0.4, -0.2) is 40.4 Å². The fourth-order valence-electron chi connectivity index (χ4n) is 2.70. The molecule has 1 saturated heterocycles. The van der Waals surface area contributed by atoms with Crippen molar-refractivity contribution in [2.24, 2.45) is 5.41 Å². The smallest absolute Gasteiger partial charge is 0.221 e. The zero-order valence-corrected chi connectivity index (χ0v) is 14.8. The third kappa shape index (κ3) is 3.73. The molecular formula is C17H22N4O2S. The monoisotopic (exact) mass is 346 g/mol. The summed E-state index contributed by atoms with van der Waals surface area (Å²) in [5, 5.41) is 10.1.